The first kappa shape index (κ1) is 21.0. The van der Waals surface area contributed by atoms with Gasteiger partial charge in [0.25, 0.3) is 0 Å². The SMILES string of the molecule is COCC(Cl)C(=O)N(C)CC1(O)CCN(C(=O)OC(C)(C)C)CC1. The fourth-order valence-corrected chi connectivity index (χ4v) is 2.86. The summed E-state index contributed by atoms with van der Waals surface area (Å²) in [6.45, 7) is 6.50. The summed E-state index contributed by atoms with van der Waals surface area (Å²) >= 11 is 5.95. The molecule has 0 aromatic heterocycles. The third-order valence-electron chi connectivity index (χ3n) is 3.83. The van der Waals surface area contributed by atoms with Crippen LogP contribution >= 0.6 is 11.6 Å². The number of amides is 2. The van der Waals surface area contributed by atoms with Crippen LogP contribution in [0.15, 0.2) is 0 Å². The summed E-state index contributed by atoms with van der Waals surface area (Å²) in [7, 11) is 3.08. The highest BCUT2D eigenvalue weighted by Gasteiger charge is 2.37. The van der Waals surface area contributed by atoms with Gasteiger partial charge in [-0.2, -0.15) is 0 Å². The van der Waals surface area contributed by atoms with Gasteiger partial charge in [-0.3, -0.25) is 4.79 Å². The van der Waals surface area contributed by atoms with Gasteiger partial charge in [-0.05, 0) is 33.6 Å². The van der Waals surface area contributed by atoms with Crippen molar-refractivity contribution < 1.29 is 24.2 Å². The largest absolute Gasteiger partial charge is 0.444 e. The Hall–Kier alpha value is -1.05. The molecule has 1 aliphatic heterocycles. The van der Waals surface area contributed by atoms with Crippen LogP contribution in [-0.4, -0.2) is 83.9 Å². The molecule has 2 amide bonds. The Bertz CT molecular complexity index is 444. The van der Waals surface area contributed by atoms with Crippen molar-refractivity contribution in [1.29, 1.82) is 0 Å². The number of ether oxygens (including phenoxy) is 2. The Labute approximate surface area is 148 Å². The molecule has 24 heavy (non-hydrogen) atoms. The quantitative estimate of drug-likeness (QED) is 0.747. The van der Waals surface area contributed by atoms with E-state index in [1.165, 1.54) is 12.0 Å². The van der Waals surface area contributed by atoms with Crippen molar-refractivity contribution in [2.45, 2.75) is 50.2 Å². The molecule has 0 bridgehead atoms. The number of methoxy groups -OCH3 is 1. The van der Waals surface area contributed by atoms with Gasteiger partial charge in [-0.25, -0.2) is 4.79 Å². The zero-order chi connectivity index (χ0) is 18.5. The van der Waals surface area contributed by atoms with Crippen molar-refractivity contribution in [2.75, 3.05) is 40.4 Å². The normalized spacial score (nSPS) is 18.9. The third kappa shape index (κ3) is 6.45. The van der Waals surface area contributed by atoms with Gasteiger partial charge >= 0.3 is 6.09 Å². The highest BCUT2D eigenvalue weighted by molar-refractivity contribution is 6.30. The molecule has 1 fully saturated rings. The molecule has 1 aliphatic rings. The van der Waals surface area contributed by atoms with Crippen LogP contribution in [-0.2, 0) is 14.3 Å². The average Bonchev–Trinajstić information content (AvgIpc) is 2.45. The number of aliphatic hydroxyl groups is 1. The maximum Gasteiger partial charge on any atom is 0.410 e. The van der Waals surface area contributed by atoms with Gasteiger partial charge in [0.1, 0.15) is 11.0 Å². The number of piperidine rings is 1. The van der Waals surface area contributed by atoms with Gasteiger partial charge in [0, 0.05) is 33.8 Å². The van der Waals surface area contributed by atoms with E-state index in [4.69, 9.17) is 21.1 Å². The summed E-state index contributed by atoms with van der Waals surface area (Å²) in [6.07, 6.45) is 0.372. The number of hydrogen-bond acceptors (Lipinski definition) is 5. The third-order valence-corrected chi connectivity index (χ3v) is 4.15. The van der Waals surface area contributed by atoms with E-state index in [0.717, 1.165) is 0 Å². The van der Waals surface area contributed by atoms with Crippen LogP contribution in [0.1, 0.15) is 33.6 Å². The van der Waals surface area contributed by atoms with E-state index >= 15 is 0 Å². The van der Waals surface area contributed by atoms with Gasteiger partial charge < -0.3 is 24.4 Å². The summed E-state index contributed by atoms with van der Waals surface area (Å²) in [4.78, 5) is 27.1. The second-order valence-electron chi connectivity index (χ2n) is 7.31. The molecule has 1 atom stereocenters. The van der Waals surface area contributed by atoms with E-state index < -0.39 is 16.6 Å². The maximum atomic E-state index is 12.1. The van der Waals surface area contributed by atoms with Crippen LogP contribution in [0.2, 0.25) is 0 Å². The van der Waals surface area contributed by atoms with Crippen LogP contribution in [0.25, 0.3) is 0 Å². The van der Waals surface area contributed by atoms with Gasteiger partial charge in [0.05, 0.1) is 12.2 Å². The van der Waals surface area contributed by atoms with Crippen LogP contribution in [0.3, 0.4) is 0 Å². The molecule has 8 heteroatoms. The molecule has 0 radical (unpaired) electrons. The van der Waals surface area contributed by atoms with Crippen molar-refractivity contribution in [2.24, 2.45) is 0 Å². The Kier molecular flexibility index (Phi) is 7.31. The second kappa shape index (κ2) is 8.36. The van der Waals surface area contributed by atoms with Gasteiger partial charge in [0.15, 0.2) is 0 Å². The van der Waals surface area contributed by atoms with Gasteiger partial charge in [-0.15, -0.1) is 11.6 Å². The zero-order valence-corrected chi connectivity index (χ0v) is 15.9. The Balaban J connectivity index is 2.52. The number of likely N-dealkylation sites (tertiary alicyclic amines) is 1. The summed E-state index contributed by atoms with van der Waals surface area (Å²) in [5.74, 6) is -0.290. The molecular formula is C16H29ClN2O5. The van der Waals surface area contributed by atoms with Crippen molar-refractivity contribution in [3.8, 4) is 0 Å². The Morgan fingerprint density at radius 1 is 1.33 bits per heavy atom. The fraction of sp³-hybridized carbons (Fsp3) is 0.875. The van der Waals surface area contributed by atoms with Crippen LogP contribution in [0, 0.1) is 0 Å². The van der Waals surface area contributed by atoms with Crippen LogP contribution in [0.5, 0.6) is 0 Å². The highest BCUT2D eigenvalue weighted by Crippen LogP contribution is 2.25. The molecule has 0 aliphatic carbocycles. The number of carbonyl (C=O) groups excluding carboxylic acids is 2. The number of nitrogens with zero attached hydrogens (tertiary/aromatic N) is 2. The van der Waals surface area contributed by atoms with Crippen molar-refractivity contribution >= 4 is 23.6 Å². The average molecular weight is 365 g/mol. The molecular weight excluding hydrogens is 336 g/mol. The molecule has 140 valence electrons. The number of rotatable bonds is 5. The summed E-state index contributed by atoms with van der Waals surface area (Å²) in [5.41, 5.74) is -1.58. The van der Waals surface area contributed by atoms with E-state index in [1.54, 1.807) is 11.9 Å². The lowest BCUT2D eigenvalue weighted by Gasteiger charge is -2.40. The smallest absolute Gasteiger partial charge is 0.410 e. The summed E-state index contributed by atoms with van der Waals surface area (Å²) < 4.78 is 10.2. The van der Waals surface area contributed by atoms with E-state index in [1.807, 2.05) is 20.8 Å². The Morgan fingerprint density at radius 2 is 1.88 bits per heavy atom. The monoisotopic (exact) mass is 364 g/mol. The molecule has 0 saturated carbocycles. The highest BCUT2D eigenvalue weighted by atomic mass is 35.5. The number of halogens is 1. The first-order chi connectivity index (χ1) is 11.0. The number of alkyl halides is 1. The lowest BCUT2D eigenvalue weighted by atomic mass is 9.91. The maximum absolute atomic E-state index is 12.1. The summed E-state index contributed by atoms with van der Waals surface area (Å²) in [6, 6.07) is 0. The van der Waals surface area contributed by atoms with E-state index in [9.17, 15) is 14.7 Å². The van der Waals surface area contributed by atoms with Crippen molar-refractivity contribution in [3.63, 3.8) is 0 Å². The standard InChI is InChI=1S/C16H29ClN2O5/c1-15(2,3)24-14(21)19-8-6-16(22,7-9-19)11-18(4)13(20)12(17)10-23-5/h12,22H,6-11H2,1-5H3. The molecule has 0 aromatic carbocycles. The Morgan fingerprint density at radius 3 is 2.33 bits per heavy atom. The summed E-state index contributed by atoms with van der Waals surface area (Å²) in [5, 5.41) is 9.91. The minimum atomic E-state index is -1.04. The molecule has 0 aromatic rings. The van der Waals surface area contributed by atoms with E-state index in [2.05, 4.69) is 0 Å². The number of likely N-dealkylation sites (N-methyl/N-ethyl adjacent to an activating group) is 1. The minimum absolute atomic E-state index is 0.121. The van der Waals surface area contributed by atoms with Crippen molar-refractivity contribution in [3.05, 3.63) is 0 Å². The number of hydrogen-bond donors (Lipinski definition) is 1. The van der Waals surface area contributed by atoms with Crippen molar-refractivity contribution in [1.82, 2.24) is 9.80 Å². The molecule has 0 spiro atoms. The van der Waals surface area contributed by atoms with Gasteiger partial charge in [0.2, 0.25) is 5.91 Å². The molecule has 7 nitrogen and oxygen atoms in total. The minimum Gasteiger partial charge on any atom is -0.444 e. The second-order valence-corrected chi connectivity index (χ2v) is 7.84. The molecule has 1 rings (SSSR count). The first-order valence-electron chi connectivity index (χ1n) is 8.06. The fourth-order valence-electron chi connectivity index (χ4n) is 2.57. The number of carbonyl (C=O) groups is 2. The van der Waals surface area contributed by atoms with Crippen LogP contribution < -0.4 is 0 Å². The molecule has 1 N–H and O–H groups in total. The van der Waals surface area contributed by atoms with Crippen LogP contribution in [0.4, 0.5) is 4.79 Å². The lowest BCUT2D eigenvalue weighted by molar-refractivity contribution is -0.135. The van der Waals surface area contributed by atoms with E-state index in [0.29, 0.717) is 25.9 Å². The predicted octanol–water partition coefficient (Wildman–Crippen LogP) is 1.46. The zero-order valence-electron chi connectivity index (χ0n) is 15.2. The van der Waals surface area contributed by atoms with E-state index in [-0.39, 0.29) is 25.2 Å². The molecule has 1 heterocycles. The molecule has 1 unspecified atom stereocenters. The lowest BCUT2D eigenvalue weighted by Crippen LogP contribution is -2.53. The molecule has 1 saturated heterocycles. The van der Waals surface area contributed by atoms with Gasteiger partial charge in [-0.1, -0.05) is 0 Å². The predicted molar refractivity (Wildman–Crippen MR) is 91.1 cm³/mol. The first-order valence-corrected chi connectivity index (χ1v) is 8.49. The topological polar surface area (TPSA) is 79.3 Å².